The van der Waals surface area contributed by atoms with Gasteiger partial charge in [0.2, 0.25) is 0 Å². The van der Waals surface area contributed by atoms with Crippen LogP contribution < -0.4 is 5.32 Å². The normalized spacial score (nSPS) is 22.1. The first kappa shape index (κ1) is 19.2. The van der Waals surface area contributed by atoms with E-state index in [1.807, 2.05) is 35.2 Å². The second-order valence-corrected chi connectivity index (χ2v) is 6.75. The summed E-state index contributed by atoms with van der Waals surface area (Å²) >= 11 is 0. The molecule has 146 valence electrons. The van der Waals surface area contributed by atoms with Gasteiger partial charge in [0.05, 0.1) is 0 Å². The van der Waals surface area contributed by atoms with E-state index < -0.39 is 12.1 Å². The summed E-state index contributed by atoms with van der Waals surface area (Å²) in [6.07, 6.45) is -2.61. The SMILES string of the molecule is O=C(O)C(F)(F)F.O=C(c1cc2ccccc2[nH]1)N1C[C@H]2CCCN[C@H]2C1. The molecule has 1 aromatic heterocycles. The predicted octanol–water partition coefficient (Wildman–Crippen LogP) is 2.63. The maximum absolute atomic E-state index is 12.6. The monoisotopic (exact) mass is 383 g/mol. The summed E-state index contributed by atoms with van der Waals surface area (Å²) in [5, 5.41) is 11.8. The Morgan fingerprint density at radius 2 is 1.89 bits per heavy atom. The second-order valence-electron chi connectivity index (χ2n) is 6.75. The Bertz CT molecular complexity index is 787. The fourth-order valence-corrected chi connectivity index (χ4v) is 3.57. The van der Waals surface area contributed by atoms with Crippen LogP contribution in [0.4, 0.5) is 13.2 Å². The van der Waals surface area contributed by atoms with Crippen molar-refractivity contribution in [1.82, 2.24) is 15.2 Å². The zero-order valence-electron chi connectivity index (χ0n) is 14.4. The molecule has 0 saturated carbocycles. The Balaban J connectivity index is 0.000000260. The van der Waals surface area contributed by atoms with Crippen LogP contribution in [0.5, 0.6) is 0 Å². The Morgan fingerprint density at radius 3 is 2.52 bits per heavy atom. The Labute approximate surface area is 153 Å². The van der Waals surface area contributed by atoms with Crippen molar-refractivity contribution in [3.63, 3.8) is 0 Å². The molecule has 4 rings (SSSR count). The number of carbonyl (C=O) groups excluding carboxylic acids is 1. The van der Waals surface area contributed by atoms with Crippen molar-refractivity contribution in [3.05, 3.63) is 36.0 Å². The minimum atomic E-state index is -5.08. The number of hydrogen-bond acceptors (Lipinski definition) is 3. The van der Waals surface area contributed by atoms with Crippen LogP contribution in [0.1, 0.15) is 23.3 Å². The number of para-hydroxylation sites is 1. The average molecular weight is 383 g/mol. The van der Waals surface area contributed by atoms with E-state index in [0.29, 0.717) is 17.7 Å². The molecule has 2 atom stereocenters. The van der Waals surface area contributed by atoms with Crippen molar-refractivity contribution in [2.24, 2.45) is 5.92 Å². The number of aromatic amines is 1. The van der Waals surface area contributed by atoms with E-state index >= 15 is 0 Å². The van der Waals surface area contributed by atoms with Gasteiger partial charge in [0, 0.05) is 30.0 Å². The number of piperidine rings is 1. The molecule has 1 amide bonds. The number of rotatable bonds is 1. The van der Waals surface area contributed by atoms with Crippen LogP contribution in [-0.2, 0) is 4.79 Å². The van der Waals surface area contributed by atoms with Gasteiger partial charge in [-0.2, -0.15) is 13.2 Å². The fraction of sp³-hybridized carbons (Fsp3) is 0.444. The highest BCUT2D eigenvalue weighted by Crippen LogP contribution is 2.26. The van der Waals surface area contributed by atoms with E-state index in [0.717, 1.165) is 30.5 Å². The molecule has 2 aromatic rings. The highest BCUT2D eigenvalue weighted by atomic mass is 19.4. The molecule has 6 nitrogen and oxygen atoms in total. The molecule has 2 fully saturated rings. The van der Waals surface area contributed by atoms with Crippen molar-refractivity contribution >= 4 is 22.8 Å². The van der Waals surface area contributed by atoms with Crippen LogP contribution >= 0.6 is 0 Å². The number of nitrogens with zero attached hydrogens (tertiary/aromatic N) is 1. The van der Waals surface area contributed by atoms with Gasteiger partial charge in [-0.3, -0.25) is 4.79 Å². The van der Waals surface area contributed by atoms with Crippen molar-refractivity contribution in [2.45, 2.75) is 25.1 Å². The summed E-state index contributed by atoms with van der Waals surface area (Å²) in [5.41, 5.74) is 1.75. The van der Waals surface area contributed by atoms with Crippen molar-refractivity contribution in [1.29, 1.82) is 0 Å². The number of carbonyl (C=O) groups is 2. The topological polar surface area (TPSA) is 85.4 Å². The number of amides is 1. The van der Waals surface area contributed by atoms with Gasteiger partial charge in [0.15, 0.2) is 0 Å². The van der Waals surface area contributed by atoms with Gasteiger partial charge >= 0.3 is 12.1 Å². The van der Waals surface area contributed by atoms with Crippen molar-refractivity contribution in [2.75, 3.05) is 19.6 Å². The molecule has 0 radical (unpaired) electrons. The summed E-state index contributed by atoms with van der Waals surface area (Å²) < 4.78 is 31.7. The minimum Gasteiger partial charge on any atom is -0.475 e. The first-order valence-electron chi connectivity index (χ1n) is 8.66. The van der Waals surface area contributed by atoms with Crippen LogP contribution in [0.2, 0.25) is 0 Å². The molecule has 27 heavy (non-hydrogen) atoms. The summed E-state index contributed by atoms with van der Waals surface area (Å²) in [4.78, 5) is 26.8. The van der Waals surface area contributed by atoms with Gasteiger partial charge in [-0.15, -0.1) is 0 Å². The van der Waals surface area contributed by atoms with E-state index in [2.05, 4.69) is 10.3 Å². The van der Waals surface area contributed by atoms with Crippen LogP contribution in [0.25, 0.3) is 10.9 Å². The van der Waals surface area contributed by atoms with Gasteiger partial charge in [0.25, 0.3) is 5.91 Å². The minimum absolute atomic E-state index is 0.136. The Kier molecular flexibility index (Phi) is 5.41. The number of fused-ring (bicyclic) bond motifs is 2. The Hall–Kier alpha value is -2.55. The standard InChI is InChI=1S/C16H19N3O.C2HF3O2/c20-16(14-8-11-4-1-2-6-13(11)18-14)19-9-12-5-3-7-17-15(12)10-19;3-2(4,5)1(6)7/h1-2,4,6,8,12,15,17-18H,3,5,7,9-10H2;(H,6,7)/t12-,15+;/m1./s1. The molecule has 0 bridgehead atoms. The number of halogens is 3. The lowest BCUT2D eigenvalue weighted by molar-refractivity contribution is -0.192. The molecule has 1 aromatic carbocycles. The smallest absolute Gasteiger partial charge is 0.475 e. The van der Waals surface area contributed by atoms with E-state index in [-0.39, 0.29) is 5.91 Å². The van der Waals surface area contributed by atoms with Gasteiger partial charge in [0.1, 0.15) is 5.69 Å². The maximum atomic E-state index is 12.6. The number of nitrogens with one attached hydrogen (secondary N) is 2. The number of benzene rings is 1. The van der Waals surface area contributed by atoms with E-state index in [9.17, 15) is 18.0 Å². The van der Waals surface area contributed by atoms with Crippen molar-refractivity contribution in [3.8, 4) is 0 Å². The fourth-order valence-electron chi connectivity index (χ4n) is 3.57. The molecule has 3 heterocycles. The lowest BCUT2D eigenvalue weighted by Gasteiger charge is -2.24. The van der Waals surface area contributed by atoms with Gasteiger partial charge in [-0.05, 0) is 37.4 Å². The van der Waals surface area contributed by atoms with E-state index in [4.69, 9.17) is 9.90 Å². The van der Waals surface area contributed by atoms with Gasteiger partial charge < -0.3 is 20.3 Å². The molecule has 2 aliphatic rings. The molecule has 2 saturated heterocycles. The third-order valence-corrected chi connectivity index (χ3v) is 4.89. The number of carboxylic acids is 1. The summed E-state index contributed by atoms with van der Waals surface area (Å²) in [7, 11) is 0. The number of alkyl halides is 3. The van der Waals surface area contributed by atoms with Crippen LogP contribution in [0, 0.1) is 5.92 Å². The summed E-state index contributed by atoms with van der Waals surface area (Å²) in [6, 6.07) is 10.5. The molecule has 3 N–H and O–H groups in total. The first-order valence-corrected chi connectivity index (χ1v) is 8.66. The zero-order valence-corrected chi connectivity index (χ0v) is 14.4. The van der Waals surface area contributed by atoms with Gasteiger partial charge in [-0.25, -0.2) is 4.79 Å². The zero-order chi connectivity index (χ0) is 19.6. The lowest BCUT2D eigenvalue weighted by atomic mass is 9.94. The number of carboxylic acid groups (broad SMARTS) is 1. The number of aliphatic carboxylic acids is 1. The lowest BCUT2D eigenvalue weighted by Crippen LogP contribution is -2.41. The molecule has 0 spiro atoms. The summed E-state index contributed by atoms with van der Waals surface area (Å²) in [6.45, 7) is 2.83. The van der Waals surface area contributed by atoms with Crippen molar-refractivity contribution < 1.29 is 27.9 Å². The number of hydrogen-bond donors (Lipinski definition) is 3. The predicted molar refractivity (Wildman–Crippen MR) is 92.4 cm³/mol. The second kappa shape index (κ2) is 7.59. The maximum Gasteiger partial charge on any atom is 0.490 e. The highest BCUT2D eigenvalue weighted by Gasteiger charge is 2.38. The highest BCUT2D eigenvalue weighted by molar-refractivity contribution is 5.98. The molecule has 0 aliphatic carbocycles. The Morgan fingerprint density at radius 1 is 1.19 bits per heavy atom. The molecule has 9 heteroatoms. The first-order chi connectivity index (χ1) is 12.8. The van der Waals surface area contributed by atoms with Crippen LogP contribution in [0.3, 0.4) is 0 Å². The van der Waals surface area contributed by atoms with Crippen LogP contribution in [0.15, 0.2) is 30.3 Å². The number of aromatic nitrogens is 1. The summed E-state index contributed by atoms with van der Waals surface area (Å²) in [5.74, 6) is -1.98. The molecular weight excluding hydrogens is 363 g/mol. The van der Waals surface area contributed by atoms with Gasteiger partial charge in [-0.1, -0.05) is 18.2 Å². The molecule has 0 unspecified atom stereocenters. The number of likely N-dealkylation sites (tertiary alicyclic amines) is 1. The average Bonchev–Trinajstić information content (AvgIpc) is 3.24. The molecular formula is C18H20F3N3O3. The van der Waals surface area contributed by atoms with Crippen LogP contribution in [-0.4, -0.2) is 58.7 Å². The molecule has 2 aliphatic heterocycles. The third kappa shape index (κ3) is 4.41. The number of H-pyrrole nitrogens is 1. The van der Waals surface area contributed by atoms with E-state index in [1.54, 1.807) is 0 Å². The van der Waals surface area contributed by atoms with E-state index in [1.165, 1.54) is 12.8 Å². The largest absolute Gasteiger partial charge is 0.490 e. The third-order valence-electron chi connectivity index (χ3n) is 4.89. The quantitative estimate of drug-likeness (QED) is 0.707.